The zero-order valence-corrected chi connectivity index (χ0v) is 18.0. The number of sulfonamides is 1. The van der Waals surface area contributed by atoms with E-state index >= 15 is 0 Å². The maximum absolute atomic E-state index is 12.4. The van der Waals surface area contributed by atoms with Gasteiger partial charge in [0.1, 0.15) is 0 Å². The Morgan fingerprint density at radius 1 is 1.04 bits per heavy atom. The van der Waals surface area contributed by atoms with Crippen molar-refractivity contribution in [3.05, 3.63) is 52.4 Å². The van der Waals surface area contributed by atoms with E-state index in [1.807, 2.05) is 0 Å². The molecule has 1 aromatic heterocycles. The molecule has 0 bridgehead atoms. The first-order valence-corrected chi connectivity index (χ1v) is 10.9. The van der Waals surface area contributed by atoms with Gasteiger partial charge in [-0.25, -0.2) is 8.42 Å². The summed E-state index contributed by atoms with van der Waals surface area (Å²) < 4.78 is 31.8. The lowest BCUT2D eigenvalue weighted by atomic mass is 10.2. The lowest BCUT2D eigenvalue weighted by Gasteiger charge is -2.18. The average molecular weight is 472 g/mol. The van der Waals surface area contributed by atoms with Crippen molar-refractivity contribution in [1.29, 1.82) is 0 Å². The Bertz CT molecular complexity index is 921. The molecule has 0 aliphatic heterocycles. The van der Waals surface area contributed by atoms with E-state index in [0.717, 1.165) is 5.56 Å². The minimum Gasteiger partial charge on any atom is -0.444 e. The molecular formula is C18H22BrN3O5S. The monoisotopic (exact) mass is 471 g/mol. The van der Waals surface area contributed by atoms with Gasteiger partial charge in [0.05, 0.1) is 11.4 Å². The average Bonchev–Trinajstić information content (AvgIpc) is 3.12. The van der Waals surface area contributed by atoms with E-state index < -0.39 is 15.9 Å². The molecule has 1 heterocycles. The number of hydrogen-bond acceptors (Lipinski definition) is 5. The van der Waals surface area contributed by atoms with Crippen LogP contribution in [-0.4, -0.2) is 44.2 Å². The van der Waals surface area contributed by atoms with Crippen molar-refractivity contribution >= 4 is 37.8 Å². The van der Waals surface area contributed by atoms with Gasteiger partial charge in [0, 0.05) is 19.6 Å². The fourth-order valence-corrected chi connectivity index (χ4v) is 4.20. The van der Waals surface area contributed by atoms with Gasteiger partial charge in [-0.2, -0.15) is 4.31 Å². The second-order valence-corrected chi connectivity index (χ2v) is 8.52. The zero-order valence-electron chi connectivity index (χ0n) is 15.6. The number of halogens is 1. The molecule has 0 atom stereocenters. The van der Waals surface area contributed by atoms with Gasteiger partial charge < -0.3 is 15.1 Å². The second kappa shape index (κ2) is 9.85. The molecule has 0 fully saturated rings. The molecule has 10 heteroatoms. The number of benzene rings is 1. The van der Waals surface area contributed by atoms with Crippen LogP contribution in [0.4, 0.5) is 0 Å². The van der Waals surface area contributed by atoms with Gasteiger partial charge in [0.2, 0.25) is 15.9 Å². The van der Waals surface area contributed by atoms with E-state index in [0.29, 0.717) is 17.8 Å². The van der Waals surface area contributed by atoms with Crippen molar-refractivity contribution < 1.29 is 22.4 Å². The van der Waals surface area contributed by atoms with Gasteiger partial charge >= 0.3 is 0 Å². The topological polar surface area (TPSA) is 109 Å². The maximum Gasteiger partial charge on any atom is 0.287 e. The second-order valence-electron chi connectivity index (χ2n) is 5.80. The number of nitrogens with zero attached hydrogens (tertiary/aromatic N) is 1. The first kappa shape index (κ1) is 22.1. The molecule has 0 radical (unpaired) electrons. The minimum atomic E-state index is -3.51. The Morgan fingerprint density at radius 2 is 1.68 bits per heavy atom. The maximum atomic E-state index is 12.4. The van der Waals surface area contributed by atoms with Crippen molar-refractivity contribution in [2.75, 3.05) is 19.6 Å². The third-order valence-corrected chi connectivity index (χ3v) is 6.45. The lowest BCUT2D eigenvalue weighted by Crippen LogP contribution is -2.36. The molecule has 0 saturated heterocycles. The van der Waals surface area contributed by atoms with Gasteiger partial charge in [0.15, 0.2) is 10.4 Å². The largest absolute Gasteiger partial charge is 0.444 e. The fourth-order valence-electron chi connectivity index (χ4n) is 2.44. The molecule has 1 aromatic carbocycles. The number of hydrogen-bond donors (Lipinski definition) is 2. The molecule has 28 heavy (non-hydrogen) atoms. The number of amides is 2. The van der Waals surface area contributed by atoms with E-state index in [9.17, 15) is 18.0 Å². The number of carbonyl (C=O) groups is 2. The van der Waals surface area contributed by atoms with Crippen molar-refractivity contribution in [1.82, 2.24) is 14.9 Å². The number of nitrogens with one attached hydrogen (secondary N) is 2. The van der Waals surface area contributed by atoms with Crippen molar-refractivity contribution in [2.45, 2.75) is 25.3 Å². The zero-order chi connectivity index (χ0) is 20.7. The fraction of sp³-hybridized carbons (Fsp3) is 0.333. The highest BCUT2D eigenvalue weighted by Gasteiger charge is 2.21. The van der Waals surface area contributed by atoms with Crippen molar-refractivity contribution in [3.8, 4) is 0 Å². The van der Waals surface area contributed by atoms with Crippen LogP contribution in [-0.2, 0) is 21.4 Å². The van der Waals surface area contributed by atoms with Crippen LogP contribution >= 0.6 is 15.9 Å². The van der Waals surface area contributed by atoms with E-state index in [1.165, 1.54) is 22.5 Å². The first-order chi connectivity index (χ1) is 13.3. The third kappa shape index (κ3) is 5.66. The standard InChI is InChI=1S/C18H22BrN3O5S/c1-3-22(4-2)28(25,26)14-7-5-13(6-8-14)11-20-17(23)12-21-18(24)15-9-10-16(19)27-15/h5-10H,3-4,11-12H2,1-2H3,(H,20,23)(H,21,24). The Kier molecular flexibility index (Phi) is 7.78. The van der Waals surface area contributed by atoms with E-state index in [1.54, 1.807) is 32.0 Å². The van der Waals surface area contributed by atoms with Crippen LogP contribution in [0.1, 0.15) is 30.0 Å². The lowest BCUT2D eigenvalue weighted by molar-refractivity contribution is -0.120. The normalized spacial score (nSPS) is 11.4. The molecule has 8 nitrogen and oxygen atoms in total. The van der Waals surface area contributed by atoms with E-state index in [2.05, 4.69) is 26.6 Å². The predicted molar refractivity (Wildman–Crippen MR) is 107 cm³/mol. The SMILES string of the molecule is CCN(CC)S(=O)(=O)c1ccc(CNC(=O)CNC(=O)c2ccc(Br)o2)cc1. The molecule has 2 rings (SSSR count). The highest BCUT2D eigenvalue weighted by atomic mass is 79.9. The minimum absolute atomic E-state index is 0.102. The molecule has 2 N–H and O–H groups in total. The molecule has 2 amide bonds. The molecule has 0 saturated carbocycles. The van der Waals surface area contributed by atoms with Crippen LogP contribution in [0.2, 0.25) is 0 Å². The smallest absolute Gasteiger partial charge is 0.287 e. The molecule has 152 valence electrons. The van der Waals surface area contributed by atoms with Gasteiger partial charge in [-0.3, -0.25) is 9.59 Å². The third-order valence-electron chi connectivity index (χ3n) is 3.96. The van der Waals surface area contributed by atoms with Crippen molar-refractivity contribution in [2.24, 2.45) is 0 Å². The van der Waals surface area contributed by atoms with Crippen LogP contribution in [0.15, 0.2) is 50.4 Å². The van der Waals surface area contributed by atoms with E-state index in [4.69, 9.17) is 4.42 Å². The summed E-state index contributed by atoms with van der Waals surface area (Å²) >= 11 is 3.10. The Hall–Kier alpha value is -2.17. The Labute approximate surface area is 172 Å². The molecule has 0 aliphatic carbocycles. The summed E-state index contributed by atoms with van der Waals surface area (Å²) in [6.07, 6.45) is 0. The van der Waals surface area contributed by atoms with Gasteiger partial charge in [-0.15, -0.1) is 0 Å². The Morgan fingerprint density at radius 3 is 2.21 bits per heavy atom. The number of carbonyl (C=O) groups excluding carboxylic acids is 2. The highest BCUT2D eigenvalue weighted by Crippen LogP contribution is 2.16. The molecule has 0 aliphatic rings. The summed E-state index contributed by atoms with van der Waals surface area (Å²) in [6.45, 7) is 4.38. The number of rotatable bonds is 9. The molecule has 2 aromatic rings. The highest BCUT2D eigenvalue weighted by molar-refractivity contribution is 9.10. The predicted octanol–water partition coefficient (Wildman–Crippen LogP) is 2.12. The Balaban J connectivity index is 1.85. The van der Waals surface area contributed by atoms with Crippen molar-refractivity contribution in [3.63, 3.8) is 0 Å². The summed E-state index contributed by atoms with van der Waals surface area (Å²) in [4.78, 5) is 23.9. The van der Waals surface area contributed by atoms with Gasteiger partial charge in [0.25, 0.3) is 5.91 Å². The summed E-state index contributed by atoms with van der Waals surface area (Å²) in [5, 5.41) is 5.11. The van der Waals surface area contributed by atoms with Crippen LogP contribution in [0.25, 0.3) is 0 Å². The molecule has 0 unspecified atom stereocenters. The van der Waals surface area contributed by atoms with Crippen LogP contribution in [0.5, 0.6) is 0 Å². The van der Waals surface area contributed by atoms with Gasteiger partial charge in [-0.1, -0.05) is 26.0 Å². The summed E-state index contributed by atoms with van der Waals surface area (Å²) in [7, 11) is -3.51. The summed E-state index contributed by atoms with van der Waals surface area (Å²) in [6, 6.07) is 9.41. The van der Waals surface area contributed by atoms with E-state index in [-0.39, 0.29) is 29.7 Å². The first-order valence-electron chi connectivity index (χ1n) is 8.67. The number of furan rings is 1. The summed E-state index contributed by atoms with van der Waals surface area (Å²) in [5.74, 6) is -0.768. The van der Waals surface area contributed by atoms with Gasteiger partial charge in [-0.05, 0) is 45.8 Å². The summed E-state index contributed by atoms with van der Waals surface area (Å²) in [5.41, 5.74) is 0.744. The van der Waals surface area contributed by atoms with Crippen LogP contribution < -0.4 is 10.6 Å². The molecule has 0 spiro atoms. The molecular weight excluding hydrogens is 450 g/mol. The van der Waals surface area contributed by atoms with Crippen LogP contribution in [0, 0.1) is 0 Å². The van der Waals surface area contributed by atoms with Crippen LogP contribution in [0.3, 0.4) is 0 Å². The quantitative estimate of drug-likeness (QED) is 0.581.